The van der Waals surface area contributed by atoms with Crippen molar-refractivity contribution >= 4 is 22.9 Å². The highest BCUT2D eigenvalue weighted by Gasteiger charge is 2.37. The summed E-state index contributed by atoms with van der Waals surface area (Å²) in [7, 11) is 1.82. The number of rotatable bonds is 6. The fraction of sp³-hybridized carbons (Fsp3) is 0.238. The van der Waals surface area contributed by atoms with Crippen LogP contribution in [0.1, 0.15) is 23.7 Å². The molecule has 0 saturated carbocycles. The molecule has 0 aliphatic rings. The highest BCUT2D eigenvalue weighted by Crippen LogP contribution is 2.29. The lowest BCUT2D eigenvalue weighted by molar-refractivity contribution is -0.135. The number of thiazole rings is 1. The predicted molar refractivity (Wildman–Crippen MR) is 107 cm³/mol. The molecule has 2 aromatic carbocycles. The maximum absolute atomic E-state index is 13.4. The molecule has 1 amide bonds. The summed E-state index contributed by atoms with van der Waals surface area (Å²) in [5.74, 6) is -0.00252. The summed E-state index contributed by atoms with van der Waals surface area (Å²) >= 11 is 1.54. The first-order valence-corrected chi connectivity index (χ1v) is 9.46. The molecule has 0 unspecified atom stereocenters. The van der Waals surface area contributed by atoms with Crippen LogP contribution >= 0.6 is 11.3 Å². The molecule has 1 heterocycles. The second-order valence-electron chi connectivity index (χ2n) is 6.62. The average molecular weight is 366 g/mol. The van der Waals surface area contributed by atoms with Crippen LogP contribution in [0.3, 0.4) is 0 Å². The van der Waals surface area contributed by atoms with Gasteiger partial charge >= 0.3 is 0 Å². The first kappa shape index (κ1) is 18.1. The summed E-state index contributed by atoms with van der Waals surface area (Å²) in [6.45, 7) is 4.47. The van der Waals surface area contributed by atoms with Crippen LogP contribution in [-0.2, 0) is 16.9 Å². The van der Waals surface area contributed by atoms with E-state index in [1.54, 1.807) is 10.4 Å². The van der Waals surface area contributed by atoms with Crippen molar-refractivity contribution < 1.29 is 4.79 Å². The Morgan fingerprint density at radius 2 is 1.85 bits per heavy atom. The van der Waals surface area contributed by atoms with Gasteiger partial charge in [0.25, 0.3) is 5.91 Å². The van der Waals surface area contributed by atoms with Gasteiger partial charge in [0.2, 0.25) is 0 Å². The monoisotopic (exact) mass is 365 g/mol. The summed E-state index contributed by atoms with van der Waals surface area (Å²) in [6, 6.07) is 17.9. The van der Waals surface area contributed by atoms with E-state index >= 15 is 0 Å². The van der Waals surface area contributed by atoms with Crippen molar-refractivity contribution in [3.63, 3.8) is 0 Å². The SMILES string of the molecule is Cc1ccc(N[C@@](C)(C(=O)N(C)Cc2cscn2)c2ccccc2)cc1. The number of hydrogen-bond donors (Lipinski definition) is 1. The van der Waals surface area contributed by atoms with E-state index < -0.39 is 5.54 Å². The van der Waals surface area contributed by atoms with Gasteiger partial charge in [-0.2, -0.15) is 0 Å². The molecule has 1 N–H and O–H groups in total. The fourth-order valence-electron chi connectivity index (χ4n) is 2.96. The highest BCUT2D eigenvalue weighted by atomic mass is 32.1. The summed E-state index contributed by atoms with van der Waals surface area (Å²) < 4.78 is 0. The Morgan fingerprint density at radius 1 is 1.15 bits per heavy atom. The Labute approximate surface area is 158 Å². The van der Waals surface area contributed by atoms with E-state index in [0.717, 1.165) is 16.9 Å². The van der Waals surface area contributed by atoms with E-state index in [0.29, 0.717) is 6.54 Å². The fourth-order valence-corrected chi connectivity index (χ4v) is 3.51. The Kier molecular flexibility index (Phi) is 5.38. The zero-order valence-corrected chi connectivity index (χ0v) is 16.1. The third kappa shape index (κ3) is 3.94. The number of anilines is 1. The lowest BCUT2D eigenvalue weighted by Gasteiger charge is -2.34. The van der Waals surface area contributed by atoms with Gasteiger partial charge in [-0.25, -0.2) is 4.98 Å². The van der Waals surface area contributed by atoms with Gasteiger partial charge in [-0.3, -0.25) is 4.79 Å². The molecule has 3 rings (SSSR count). The number of hydrogen-bond acceptors (Lipinski definition) is 4. The van der Waals surface area contributed by atoms with E-state index in [4.69, 9.17) is 0 Å². The molecule has 0 fully saturated rings. The Bertz CT molecular complexity index is 847. The molecule has 0 aliphatic carbocycles. The van der Waals surface area contributed by atoms with Crippen molar-refractivity contribution in [3.8, 4) is 0 Å². The minimum Gasteiger partial charge on any atom is -0.368 e. The maximum atomic E-state index is 13.4. The molecule has 0 bridgehead atoms. The highest BCUT2D eigenvalue weighted by molar-refractivity contribution is 7.07. The number of carbonyl (C=O) groups is 1. The molecule has 0 saturated heterocycles. The van der Waals surface area contributed by atoms with E-state index in [1.807, 2.05) is 80.9 Å². The van der Waals surface area contributed by atoms with E-state index in [1.165, 1.54) is 16.9 Å². The first-order chi connectivity index (χ1) is 12.5. The van der Waals surface area contributed by atoms with Crippen molar-refractivity contribution in [2.75, 3.05) is 12.4 Å². The number of likely N-dealkylation sites (N-methyl/N-ethyl adjacent to an activating group) is 1. The van der Waals surface area contributed by atoms with Crippen LogP contribution in [0.4, 0.5) is 5.69 Å². The normalized spacial score (nSPS) is 13.0. The van der Waals surface area contributed by atoms with Crippen LogP contribution in [-0.4, -0.2) is 22.8 Å². The van der Waals surface area contributed by atoms with Gasteiger partial charge in [-0.15, -0.1) is 11.3 Å². The van der Waals surface area contributed by atoms with Crippen LogP contribution in [0.2, 0.25) is 0 Å². The largest absolute Gasteiger partial charge is 0.368 e. The number of benzene rings is 2. The Balaban J connectivity index is 1.91. The van der Waals surface area contributed by atoms with Crippen LogP contribution in [0, 0.1) is 6.92 Å². The van der Waals surface area contributed by atoms with E-state index in [-0.39, 0.29) is 5.91 Å². The van der Waals surface area contributed by atoms with Crippen molar-refractivity contribution in [2.45, 2.75) is 25.9 Å². The van der Waals surface area contributed by atoms with Gasteiger partial charge < -0.3 is 10.2 Å². The zero-order chi connectivity index (χ0) is 18.6. The van der Waals surface area contributed by atoms with Crippen molar-refractivity contribution in [2.24, 2.45) is 0 Å². The molecule has 0 aliphatic heterocycles. The third-order valence-electron chi connectivity index (χ3n) is 4.45. The van der Waals surface area contributed by atoms with Crippen molar-refractivity contribution in [1.29, 1.82) is 0 Å². The Hall–Kier alpha value is -2.66. The topological polar surface area (TPSA) is 45.2 Å². The van der Waals surface area contributed by atoms with Crippen molar-refractivity contribution in [1.82, 2.24) is 9.88 Å². The minimum absolute atomic E-state index is 0.00252. The maximum Gasteiger partial charge on any atom is 0.252 e. The number of carbonyl (C=O) groups excluding carboxylic acids is 1. The molecule has 3 aromatic rings. The number of nitrogens with zero attached hydrogens (tertiary/aromatic N) is 2. The number of nitrogens with one attached hydrogen (secondary N) is 1. The number of aromatic nitrogens is 1. The summed E-state index contributed by atoms with van der Waals surface area (Å²) in [5.41, 5.74) is 4.84. The van der Waals surface area contributed by atoms with Crippen LogP contribution in [0.15, 0.2) is 65.5 Å². The molecule has 5 heteroatoms. The van der Waals surface area contributed by atoms with Gasteiger partial charge in [0, 0.05) is 18.1 Å². The van der Waals surface area contributed by atoms with E-state index in [2.05, 4.69) is 10.3 Å². The quantitative estimate of drug-likeness (QED) is 0.702. The minimum atomic E-state index is -0.874. The standard InChI is InChI=1S/C21H23N3OS/c1-16-9-11-18(12-10-16)23-21(2,17-7-5-4-6-8-17)20(25)24(3)13-19-14-26-15-22-19/h4-12,14-15,23H,13H2,1-3H3/t21-/m1/s1. The van der Waals surface area contributed by atoms with Gasteiger partial charge in [-0.1, -0.05) is 48.0 Å². The van der Waals surface area contributed by atoms with Crippen LogP contribution in [0.5, 0.6) is 0 Å². The second-order valence-corrected chi connectivity index (χ2v) is 7.34. The van der Waals surface area contributed by atoms with Crippen LogP contribution in [0.25, 0.3) is 0 Å². The van der Waals surface area contributed by atoms with Gasteiger partial charge in [-0.05, 0) is 31.5 Å². The molecule has 4 nitrogen and oxygen atoms in total. The molecule has 134 valence electrons. The van der Waals surface area contributed by atoms with Crippen molar-refractivity contribution in [3.05, 3.63) is 82.3 Å². The Morgan fingerprint density at radius 3 is 2.46 bits per heavy atom. The smallest absolute Gasteiger partial charge is 0.252 e. The molecule has 1 atom stereocenters. The van der Waals surface area contributed by atoms with Gasteiger partial charge in [0.15, 0.2) is 0 Å². The molecular formula is C21H23N3OS. The van der Waals surface area contributed by atoms with Gasteiger partial charge in [0.05, 0.1) is 17.7 Å². The number of aryl methyl sites for hydroxylation is 1. The third-order valence-corrected chi connectivity index (χ3v) is 5.09. The van der Waals surface area contributed by atoms with Gasteiger partial charge in [0.1, 0.15) is 5.54 Å². The first-order valence-electron chi connectivity index (χ1n) is 8.52. The molecular weight excluding hydrogens is 342 g/mol. The molecule has 1 aromatic heterocycles. The predicted octanol–water partition coefficient (Wildman–Crippen LogP) is 4.44. The average Bonchev–Trinajstić information content (AvgIpc) is 3.16. The number of amides is 1. The summed E-state index contributed by atoms with van der Waals surface area (Å²) in [6.07, 6.45) is 0. The molecule has 26 heavy (non-hydrogen) atoms. The summed E-state index contributed by atoms with van der Waals surface area (Å²) in [5, 5.41) is 5.42. The second kappa shape index (κ2) is 7.70. The van der Waals surface area contributed by atoms with Crippen LogP contribution < -0.4 is 5.32 Å². The summed E-state index contributed by atoms with van der Waals surface area (Å²) in [4.78, 5) is 19.4. The lowest BCUT2D eigenvalue weighted by atomic mass is 9.89. The lowest BCUT2D eigenvalue weighted by Crippen LogP contribution is -2.48. The van der Waals surface area contributed by atoms with E-state index in [9.17, 15) is 4.79 Å². The zero-order valence-electron chi connectivity index (χ0n) is 15.3. The molecule has 0 spiro atoms. The molecule has 0 radical (unpaired) electrons.